The van der Waals surface area contributed by atoms with Crippen molar-refractivity contribution in [2.24, 2.45) is 0 Å². The van der Waals surface area contributed by atoms with E-state index in [0.717, 1.165) is 34.9 Å². The number of rotatable bonds is 6. The lowest BCUT2D eigenvalue weighted by Gasteiger charge is -2.26. The molecule has 1 aliphatic rings. The number of pyridine rings is 1. The van der Waals surface area contributed by atoms with Crippen LogP contribution in [0.15, 0.2) is 42.6 Å². The van der Waals surface area contributed by atoms with Crippen LogP contribution in [0.5, 0.6) is 5.88 Å². The summed E-state index contributed by atoms with van der Waals surface area (Å²) in [5, 5.41) is 4.09. The van der Waals surface area contributed by atoms with Crippen LogP contribution >= 0.6 is 0 Å². The minimum Gasteiger partial charge on any atom is -0.468 e. The van der Waals surface area contributed by atoms with E-state index in [1.54, 1.807) is 6.07 Å². The lowest BCUT2D eigenvalue weighted by molar-refractivity contribution is -0.154. The SMILES string of the molecule is O=C(CCc1c[nH]c2ccccc12)NC1CCCc2ccc(OCC(F)(F)F)nc21. The van der Waals surface area contributed by atoms with Crippen LogP contribution in [0.25, 0.3) is 10.9 Å². The van der Waals surface area contributed by atoms with Gasteiger partial charge in [0.05, 0.1) is 11.7 Å². The summed E-state index contributed by atoms with van der Waals surface area (Å²) in [6.45, 7) is -1.39. The van der Waals surface area contributed by atoms with E-state index in [1.807, 2.05) is 30.5 Å². The summed E-state index contributed by atoms with van der Waals surface area (Å²) < 4.78 is 42.0. The van der Waals surface area contributed by atoms with Gasteiger partial charge in [0.2, 0.25) is 11.8 Å². The van der Waals surface area contributed by atoms with Gasteiger partial charge >= 0.3 is 6.18 Å². The highest BCUT2D eigenvalue weighted by molar-refractivity contribution is 5.84. The molecular formula is C22H22F3N3O2. The predicted octanol–water partition coefficient (Wildman–Crippen LogP) is 4.63. The minimum absolute atomic E-state index is 0.0778. The largest absolute Gasteiger partial charge is 0.468 e. The van der Waals surface area contributed by atoms with Crippen LogP contribution in [0.3, 0.4) is 0 Å². The molecule has 3 aromatic rings. The molecule has 1 amide bonds. The molecule has 0 spiro atoms. The number of aromatic amines is 1. The molecule has 0 radical (unpaired) electrons. The number of benzene rings is 1. The second-order valence-electron chi connectivity index (χ2n) is 7.47. The maximum Gasteiger partial charge on any atom is 0.422 e. The number of carbonyl (C=O) groups excluding carboxylic acids is 1. The van der Waals surface area contributed by atoms with Crippen LogP contribution in [0, 0.1) is 0 Å². The van der Waals surface area contributed by atoms with E-state index in [4.69, 9.17) is 4.74 Å². The van der Waals surface area contributed by atoms with Crippen molar-refractivity contribution < 1.29 is 22.7 Å². The Kier molecular flexibility index (Phi) is 5.65. The van der Waals surface area contributed by atoms with Crippen LogP contribution in [0.2, 0.25) is 0 Å². The van der Waals surface area contributed by atoms with Crippen molar-refractivity contribution in [3.8, 4) is 5.88 Å². The summed E-state index contributed by atoms with van der Waals surface area (Å²) in [4.78, 5) is 20.0. The Hall–Kier alpha value is -3.03. The Balaban J connectivity index is 1.40. The molecule has 0 aliphatic heterocycles. The fourth-order valence-corrected chi connectivity index (χ4v) is 3.86. The topological polar surface area (TPSA) is 67.0 Å². The Morgan fingerprint density at radius 3 is 2.90 bits per heavy atom. The molecule has 1 aliphatic carbocycles. The summed E-state index contributed by atoms with van der Waals surface area (Å²) in [7, 11) is 0. The van der Waals surface area contributed by atoms with Gasteiger partial charge in [-0.2, -0.15) is 13.2 Å². The predicted molar refractivity (Wildman–Crippen MR) is 106 cm³/mol. The second kappa shape index (κ2) is 8.38. The van der Waals surface area contributed by atoms with Crippen LogP contribution < -0.4 is 10.1 Å². The number of carbonyl (C=O) groups is 1. The first-order valence-electron chi connectivity index (χ1n) is 9.93. The number of H-pyrrole nitrogens is 1. The number of nitrogens with zero attached hydrogens (tertiary/aromatic N) is 1. The zero-order valence-electron chi connectivity index (χ0n) is 16.3. The highest BCUT2D eigenvalue weighted by Crippen LogP contribution is 2.30. The highest BCUT2D eigenvalue weighted by atomic mass is 19.4. The number of hydrogen-bond acceptors (Lipinski definition) is 3. The van der Waals surface area contributed by atoms with Gasteiger partial charge in [-0.05, 0) is 42.9 Å². The van der Waals surface area contributed by atoms with Crippen LogP contribution in [-0.2, 0) is 17.6 Å². The second-order valence-corrected chi connectivity index (χ2v) is 7.47. The summed E-state index contributed by atoms with van der Waals surface area (Å²) >= 11 is 0. The maximum atomic E-state index is 12.6. The third-order valence-electron chi connectivity index (χ3n) is 5.27. The lowest BCUT2D eigenvalue weighted by atomic mass is 9.91. The van der Waals surface area contributed by atoms with Crippen LogP contribution in [0.1, 0.15) is 42.1 Å². The monoisotopic (exact) mass is 417 g/mol. The first kappa shape index (κ1) is 20.3. The molecule has 5 nitrogen and oxygen atoms in total. The fraction of sp³-hybridized carbons (Fsp3) is 0.364. The molecule has 2 heterocycles. The minimum atomic E-state index is -4.42. The quantitative estimate of drug-likeness (QED) is 0.615. The molecule has 0 saturated carbocycles. The number of amides is 1. The Morgan fingerprint density at radius 2 is 2.07 bits per heavy atom. The molecule has 4 rings (SSSR count). The molecule has 2 N–H and O–H groups in total. The highest BCUT2D eigenvalue weighted by Gasteiger charge is 2.29. The Bertz CT molecular complexity index is 1050. The molecule has 0 saturated heterocycles. The molecule has 158 valence electrons. The van der Waals surface area contributed by atoms with E-state index >= 15 is 0 Å². The number of nitrogens with one attached hydrogen (secondary N) is 2. The molecule has 1 aromatic carbocycles. The zero-order chi connectivity index (χ0) is 21.1. The van der Waals surface area contributed by atoms with Crippen molar-refractivity contribution in [1.29, 1.82) is 0 Å². The number of aromatic nitrogens is 2. The molecular weight excluding hydrogens is 395 g/mol. The van der Waals surface area contributed by atoms with E-state index in [-0.39, 0.29) is 17.8 Å². The normalized spacial score (nSPS) is 16.3. The van der Waals surface area contributed by atoms with Crippen molar-refractivity contribution in [2.45, 2.75) is 44.3 Å². The van der Waals surface area contributed by atoms with Gasteiger partial charge in [0.1, 0.15) is 0 Å². The summed E-state index contributed by atoms with van der Waals surface area (Å²) in [6.07, 6.45) is 0.763. The standard InChI is InChI=1S/C22H22F3N3O2/c23-22(24,25)13-30-20-11-9-14-4-3-7-18(21(14)28-20)27-19(29)10-8-15-12-26-17-6-2-1-5-16(15)17/h1-2,5-6,9,11-12,18,26H,3-4,7-8,10,13H2,(H,27,29). The van der Waals surface area contributed by atoms with E-state index in [1.165, 1.54) is 6.07 Å². The number of hydrogen-bond donors (Lipinski definition) is 2. The average molecular weight is 417 g/mol. The first-order valence-corrected chi connectivity index (χ1v) is 9.93. The van der Waals surface area contributed by atoms with Crippen molar-refractivity contribution in [1.82, 2.24) is 15.3 Å². The van der Waals surface area contributed by atoms with E-state index in [2.05, 4.69) is 15.3 Å². The molecule has 0 fully saturated rings. The summed E-state index contributed by atoms with van der Waals surface area (Å²) in [6, 6.07) is 10.8. The van der Waals surface area contributed by atoms with Crippen LogP contribution in [-0.4, -0.2) is 28.7 Å². The molecule has 1 unspecified atom stereocenters. The molecule has 2 aromatic heterocycles. The molecule has 0 bridgehead atoms. The fourth-order valence-electron chi connectivity index (χ4n) is 3.86. The number of ether oxygens (including phenoxy) is 1. The van der Waals surface area contributed by atoms with E-state index < -0.39 is 12.8 Å². The van der Waals surface area contributed by atoms with Crippen molar-refractivity contribution >= 4 is 16.8 Å². The Morgan fingerprint density at radius 1 is 1.23 bits per heavy atom. The van der Waals surface area contributed by atoms with Gasteiger partial charge in [-0.15, -0.1) is 0 Å². The van der Waals surface area contributed by atoms with Crippen molar-refractivity contribution in [3.63, 3.8) is 0 Å². The summed E-state index contributed by atoms with van der Waals surface area (Å²) in [5.41, 5.74) is 3.64. The van der Waals surface area contributed by atoms with E-state index in [0.29, 0.717) is 25.0 Å². The van der Waals surface area contributed by atoms with Gasteiger partial charge in [-0.3, -0.25) is 4.79 Å². The maximum absolute atomic E-state index is 12.6. The van der Waals surface area contributed by atoms with Gasteiger partial charge in [0.15, 0.2) is 6.61 Å². The third kappa shape index (κ3) is 4.75. The van der Waals surface area contributed by atoms with Gasteiger partial charge < -0.3 is 15.0 Å². The number of para-hydroxylation sites is 1. The number of halogens is 3. The number of fused-ring (bicyclic) bond motifs is 2. The molecule has 1 atom stereocenters. The van der Waals surface area contributed by atoms with Gasteiger partial charge in [0.25, 0.3) is 0 Å². The summed E-state index contributed by atoms with van der Waals surface area (Å²) in [5.74, 6) is -0.187. The smallest absolute Gasteiger partial charge is 0.422 e. The van der Waals surface area contributed by atoms with Crippen molar-refractivity contribution in [3.05, 3.63) is 59.4 Å². The van der Waals surface area contributed by atoms with Crippen molar-refractivity contribution in [2.75, 3.05) is 6.61 Å². The third-order valence-corrected chi connectivity index (χ3v) is 5.27. The number of aryl methyl sites for hydroxylation is 2. The van der Waals surface area contributed by atoms with Gasteiger partial charge in [0, 0.05) is 29.6 Å². The first-order chi connectivity index (χ1) is 14.4. The average Bonchev–Trinajstić information content (AvgIpc) is 3.14. The van der Waals surface area contributed by atoms with Gasteiger partial charge in [-0.1, -0.05) is 24.3 Å². The lowest BCUT2D eigenvalue weighted by Crippen LogP contribution is -2.32. The Labute approximate surface area is 171 Å². The van der Waals surface area contributed by atoms with E-state index in [9.17, 15) is 18.0 Å². The molecule has 30 heavy (non-hydrogen) atoms. The van der Waals surface area contributed by atoms with Crippen LogP contribution in [0.4, 0.5) is 13.2 Å². The van der Waals surface area contributed by atoms with Gasteiger partial charge in [-0.25, -0.2) is 4.98 Å². The zero-order valence-corrected chi connectivity index (χ0v) is 16.3. The molecule has 8 heteroatoms. The number of alkyl halides is 3.